The molecule has 1 fully saturated rings. The zero-order valence-electron chi connectivity index (χ0n) is 23.5. The number of halogens is 1. The first-order valence-electron chi connectivity index (χ1n) is 13.7. The van der Waals surface area contributed by atoms with Crippen molar-refractivity contribution in [1.82, 2.24) is 14.8 Å². The number of amides is 1. The molecule has 3 aromatic rings. The first-order chi connectivity index (χ1) is 20.3. The molecule has 12 heteroatoms. The number of anilines is 1. The van der Waals surface area contributed by atoms with E-state index in [-0.39, 0.29) is 29.0 Å². The Hall–Kier alpha value is -4.84. The fourth-order valence-electron chi connectivity index (χ4n) is 5.26. The minimum atomic E-state index is -0.653. The van der Waals surface area contributed by atoms with Crippen LogP contribution in [-0.4, -0.2) is 59.1 Å². The number of nitrogens with one attached hydrogen (secondary N) is 1. The van der Waals surface area contributed by atoms with Gasteiger partial charge < -0.3 is 21.5 Å². The normalized spacial score (nSPS) is 19.8. The van der Waals surface area contributed by atoms with E-state index in [0.717, 1.165) is 30.3 Å². The number of ether oxygens (including phenoxy) is 1. The summed E-state index contributed by atoms with van der Waals surface area (Å²) in [5, 5.41) is 13.7. The van der Waals surface area contributed by atoms with Crippen molar-refractivity contribution in [2.75, 3.05) is 25.6 Å². The third-order valence-corrected chi connectivity index (χ3v) is 7.40. The number of aromatic nitrogens is 2. The zero-order valence-corrected chi connectivity index (χ0v) is 23.5. The summed E-state index contributed by atoms with van der Waals surface area (Å²) in [4.78, 5) is 30.9. The van der Waals surface area contributed by atoms with Gasteiger partial charge in [0.05, 0.1) is 24.7 Å². The second kappa shape index (κ2) is 12.4. The van der Waals surface area contributed by atoms with Crippen molar-refractivity contribution in [2.24, 2.45) is 27.5 Å². The highest BCUT2D eigenvalue weighted by Crippen LogP contribution is 2.29. The molecule has 2 atom stereocenters. The molecule has 0 aliphatic carbocycles. The lowest BCUT2D eigenvalue weighted by atomic mass is 9.96. The standard InChI is InChI=1S/C30H33FN8O3/c1-3-24-25(29(33)34-17-32)26(36-38(24)2)20-6-10-22(11-7-20)35-30(41)27-28(40)23(19-4-8-21(31)9-5-19)15-39(37-27)14-18-12-13-42-16-18/h4-11,15,17-18,24H,3,12-14,16,33H2,1-2H3,(H2,32,34)(H,35,41)/b29-25+. The van der Waals surface area contributed by atoms with Crippen LogP contribution in [0.3, 0.4) is 0 Å². The van der Waals surface area contributed by atoms with Crippen LogP contribution in [0.1, 0.15) is 35.8 Å². The summed E-state index contributed by atoms with van der Waals surface area (Å²) >= 11 is 0. The number of hydrogen-bond acceptors (Lipinski definition) is 8. The Morgan fingerprint density at radius 1 is 1.19 bits per heavy atom. The highest BCUT2D eigenvalue weighted by atomic mass is 19.1. The highest BCUT2D eigenvalue weighted by Gasteiger charge is 2.31. The number of nitrogens with two attached hydrogens (primary N) is 2. The van der Waals surface area contributed by atoms with E-state index in [2.05, 4.69) is 20.5 Å². The third kappa shape index (κ3) is 5.93. The Balaban J connectivity index is 1.43. The van der Waals surface area contributed by atoms with Gasteiger partial charge in [-0.1, -0.05) is 31.2 Å². The molecule has 0 spiro atoms. The second-order valence-corrected chi connectivity index (χ2v) is 10.2. The summed E-state index contributed by atoms with van der Waals surface area (Å²) in [7, 11) is 1.87. The summed E-state index contributed by atoms with van der Waals surface area (Å²) in [6, 6.07) is 12.6. The van der Waals surface area contributed by atoms with Gasteiger partial charge in [-0.3, -0.25) is 19.3 Å². The maximum Gasteiger partial charge on any atom is 0.280 e. The van der Waals surface area contributed by atoms with Gasteiger partial charge in [0.2, 0.25) is 5.43 Å². The van der Waals surface area contributed by atoms with Gasteiger partial charge >= 0.3 is 0 Å². The molecular formula is C30H33FN8O3. The van der Waals surface area contributed by atoms with Crippen molar-refractivity contribution < 1.29 is 13.9 Å². The average Bonchev–Trinajstić information content (AvgIpc) is 3.62. The van der Waals surface area contributed by atoms with E-state index in [1.54, 1.807) is 35.1 Å². The summed E-state index contributed by atoms with van der Waals surface area (Å²) in [6.07, 6.45) is 4.38. The van der Waals surface area contributed by atoms with Crippen molar-refractivity contribution in [1.29, 1.82) is 0 Å². The van der Waals surface area contributed by atoms with E-state index in [1.165, 1.54) is 24.3 Å². The topological polar surface area (TPSA) is 153 Å². The zero-order chi connectivity index (χ0) is 29.8. The number of benzene rings is 2. The SMILES string of the molecule is CCC1/C(=C(N)\N=C/N)C(c2ccc(NC(=O)c3nn(CC4CCOC4)cc(-c4ccc(F)cc4)c3=O)cc2)=NN1C. The molecule has 3 heterocycles. The maximum atomic E-state index is 13.6. The summed E-state index contributed by atoms with van der Waals surface area (Å²) in [5.41, 5.74) is 14.3. The summed E-state index contributed by atoms with van der Waals surface area (Å²) in [6.45, 7) is 3.75. The van der Waals surface area contributed by atoms with E-state index in [1.807, 2.05) is 19.0 Å². The van der Waals surface area contributed by atoms with Crippen molar-refractivity contribution in [2.45, 2.75) is 32.4 Å². The summed E-state index contributed by atoms with van der Waals surface area (Å²) in [5.74, 6) is -0.579. The molecule has 5 N–H and O–H groups in total. The minimum Gasteiger partial charge on any atom is -0.390 e. The Labute approximate surface area is 242 Å². The smallest absolute Gasteiger partial charge is 0.280 e. The number of hydrazone groups is 1. The minimum absolute atomic E-state index is 0.0551. The molecular weight excluding hydrogens is 539 g/mol. The van der Waals surface area contributed by atoms with Crippen molar-refractivity contribution in [3.8, 4) is 11.1 Å². The van der Waals surface area contributed by atoms with Crippen LogP contribution in [0.4, 0.5) is 10.1 Å². The molecule has 5 rings (SSSR count). The Morgan fingerprint density at radius 2 is 1.90 bits per heavy atom. The van der Waals surface area contributed by atoms with Crippen molar-refractivity contribution in [3.63, 3.8) is 0 Å². The van der Waals surface area contributed by atoms with Crippen molar-refractivity contribution in [3.05, 3.63) is 93.4 Å². The number of aliphatic imine (C=N–C) groups is 1. The van der Waals surface area contributed by atoms with E-state index in [4.69, 9.17) is 16.2 Å². The van der Waals surface area contributed by atoms with Crippen LogP contribution in [0.2, 0.25) is 0 Å². The van der Waals surface area contributed by atoms with Crippen LogP contribution >= 0.6 is 0 Å². The lowest BCUT2D eigenvalue weighted by Crippen LogP contribution is -2.28. The van der Waals surface area contributed by atoms with Crippen LogP contribution in [0.5, 0.6) is 0 Å². The predicted molar refractivity (Wildman–Crippen MR) is 159 cm³/mol. The monoisotopic (exact) mass is 572 g/mol. The van der Waals surface area contributed by atoms with Crippen molar-refractivity contribution >= 4 is 23.6 Å². The number of carbonyl (C=O) groups excluding carboxylic acids is 1. The van der Waals surface area contributed by atoms with E-state index in [0.29, 0.717) is 36.7 Å². The highest BCUT2D eigenvalue weighted by molar-refractivity contribution is 6.15. The van der Waals surface area contributed by atoms with Crippen LogP contribution in [-0.2, 0) is 11.3 Å². The molecule has 218 valence electrons. The molecule has 1 saturated heterocycles. The van der Waals surface area contributed by atoms with Gasteiger partial charge in [0.1, 0.15) is 11.6 Å². The largest absolute Gasteiger partial charge is 0.390 e. The number of likely N-dealkylation sites (N-methyl/N-ethyl adjacent to an activating group) is 1. The molecule has 0 radical (unpaired) electrons. The van der Waals surface area contributed by atoms with Gasteiger partial charge in [-0.15, -0.1) is 0 Å². The fourth-order valence-corrected chi connectivity index (χ4v) is 5.26. The number of carbonyl (C=O) groups is 1. The quantitative estimate of drug-likeness (QED) is 0.277. The molecule has 2 unspecified atom stereocenters. The average molecular weight is 573 g/mol. The van der Waals surface area contributed by atoms with Gasteiger partial charge in [-0.05, 0) is 42.7 Å². The lowest BCUT2D eigenvalue weighted by molar-refractivity contribution is 0.101. The van der Waals surface area contributed by atoms with Crippen LogP contribution < -0.4 is 22.2 Å². The second-order valence-electron chi connectivity index (χ2n) is 10.2. The van der Waals surface area contributed by atoms with Gasteiger partial charge in [-0.2, -0.15) is 10.2 Å². The van der Waals surface area contributed by atoms with E-state index >= 15 is 0 Å². The van der Waals surface area contributed by atoms with Gasteiger partial charge in [-0.25, -0.2) is 9.38 Å². The molecule has 1 aromatic heterocycles. The fraction of sp³-hybridized carbons (Fsp3) is 0.300. The van der Waals surface area contributed by atoms with Crippen LogP contribution in [0.25, 0.3) is 11.1 Å². The first-order valence-corrected chi connectivity index (χ1v) is 13.7. The Kier molecular flexibility index (Phi) is 8.43. The number of rotatable bonds is 8. The Bertz CT molecular complexity index is 1610. The molecule has 1 amide bonds. The van der Waals surface area contributed by atoms with E-state index in [9.17, 15) is 14.0 Å². The van der Waals surface area contributed by atoms with E-state index < -0.39 is 17.2 Å². The predicted octanol–water partition coefficient (Wildman–Crippen LogP) is 2.92. The molecule has 2 aliphatic heterocycles. The Morgan fingerprint density at radius 3 is 2.55 bits per heavy atom. The molecule has 2 aromatic carbocycles. The molecule has 2 aliphatic rings. The first kappa shape index (κ1) is 28.7. The number of hydrogen-bond donors (Lipinski definition) is 3. The molecule has 0 saturated carbocycles. The van der Waals surface area contributed by atoms with Crippen LogP contribution in [0.15, 0.2) is 81.0 Å². The maximum absolute atomic E-state index is 13.6. The van der Waals surface area contributed by atoms with Gasteiger partial charge in [0.15, 0.2) is 5.69 Å². The molecule has 42 heavy (non-hydrogen) atoms. The molecule has 0 bridgehead atoms. The lowest BCUT2D eigenvalue weighted by Gasteiger charge is -2.18. The molecule has 11 nitrogen and oxygen atoms in total. The van der Waals surface area contributed by atoms with Gasteiger partial charge in [0.25, 0.3) is 5.91 Å². The summed E-state index contributed by atoms with van der Waals surface area (Å²) < 4.78 is 20.7. The third-order valence-electron chi connectivity index (χ3n) is 7.40. The number of nitrogens with zero attached hydrogens (tertiary/aromatic N) is 5. The van der Waals surface area contributed by atoms with Crippen LogP contribution in [0, 0.1) is 11.7 Å². The van der Waals surface area contributed by atoms with Gasteiger partial charge in [0, 0.05) is 54.7 Å².